The lowest BCUT2D eigenvalue weighted by atomic mass is 9.90. The van der Waals surface area contributed by atoms with Crippen LogP contribution < -0.4 is 5.73 Å². The van der Waals surface area contributed by atoms with E-state index in [2.05, 4.69) is 36.6 Å². The molecule has 0 saturated carbocycles. The van der Waals surface area contributed by atoms with Gasteiger partial charge in [0.2, 0.25) is 5.91 Å². The molecule has 1 aliphatic rings. The SMILES string of the molecule is CSCCC(N)C(=O)N1CCC(CCc2ccccc2)CC1.Cl. The minimum absolute atomic E-state index is 0. The van der Waals surface area contributed by atoms with E-state index in [1.54, 1.807) is 11.8 Å². The predicted molar refractivity (Wildman–Crippen MR) is 102 cm³/mol. The van der Waals surface area contributed by atoms with Gasteiger partial charge in [-0.2, -0.15) is 11.8 Å². The Morgan fingerprint density at radius 1 is 1.30 bits per heavy atom. The Bertz CT molecular complexity index is 450. The van der Waals surface area contributed by atoms with E-state index < -0.39 is 0 Å². The first-order chi connectivity index (χ1) is 10.7. The van der Waals surface area contributed by atoms with Crippen LogP contribution >= 0.6 is 24.2 Å². The number of amides is 1. The molecule has 1 saturated heterocycles. The molecular formula is C18H29ClN2OS. The summed E-state index contributed by atoms with van der Waals surface area (Å²) >= 11 is 1.75. The third-order valence-corrected chi connectivity index (χ3v) is 5.20. The van der Waals surface area contributed by atoms with Gasteiger partial charge in [-0.15, -0.1) is 12.4 Å². The maximum absolute atomic E-state index is 12.3. The largest absolute Gasteiger partial charge is 0.341 e. The molecule has 23 heavy (non-hydrogen) atoms. The Balaban J connectivity index is 0.00000264. The van der Waals surface area contributed by atoms with Crippen molar-refractivity contribution < 1.29 is 4.79 Å². The van der Waals surface area contributed by atoms with E-state index in [-0.39, 0.29) is 24.4 Å². The maximum atomic E-state index is 12.3. The van der Waals surface area contributed by atoms with Crippen molar-refractivity contribution >= 4 is 30.1 Å². The number of halogens is 1. The van der Waals surface area contributed by atoms with Crippen molar-refractivity contribution in [2.75, 3.05) is 25.1 Å². The number of carbonyl (C=O) groups excluding carboxylic acids is 1. The van der Waals surface area contributed by atoms with Gasteiger partial charge >= 0.3 is 0 Å². The second-order valence-corrected chi connectivity index (χ2v) is 7.17. The summed E-state index contributed by atoms with van der Waals surface area (Å²) in [4.78, 5) is 14.3. The van der Waals surface area contributed by atoms with Gasteiger partial charge in [0.15, 0.2) is 0 Å². The fraction of sp³-hybridized carbons (Fsp3) is 0.611. The number of piperidine rings is 1. The van der Waals surface area contributed by atoms with Crippen LogP contribution in [-0.2, 0) is 11.2 Å². The monoisotopic (exact) mass is 356 g/mol. The first-order valence-electron chi connectivity index (χ1n) is 8.28. The van der Waals surface area contributed by atoms with Crippen LogP contribution in [0.4, 0.5) is 0 Å². The van der Waals surface area contributed by atoms with Gasteiger partial charge in [-0.05, 0) is 55.6 Å². The molecule has 1 aromatic rings. The summed E-state index contributed by atoms with van der Waals surface area (Å²) in [5, 5.41) is 0. The number of likely N-dealkylation sites (tertiary alicyclic amines) is 1. The molecule has 0 radical (unpaired) electrons. The maximum Gasteiger partial charge on any atom is 0.239 e. The molecule has 1 aromatic carbocycles. The van der Waals surface area contributed by atoms with Crippen LogP contribution in [0.1, 0.15) is 31.2 Å². The molecule has 1 atom stereocenters. The summed E-state index contributed by atoms with van der Waals surface area (Å²) < 4.78 is 0. The van der Waals surface area contributed by atoms with Crippen LogP contribution in [-0.4, -0.2) is 41.9 Å². The molecule has 1 heterocycles. The Labute approximate surface area is 150 Å². The van der Waals surface area contributed by atoms with Crippen LogP contribution in [0.15, 0.2) is 30.3 Å². The number of rotatable bonds is 7. The van der Waals surface area contributed by atoms with Crippen molar-refractivity contribution in [1.29, 1.82) is 0 Å². The number of benzene rings is 1. The second-order valence-electron chi connectivity index (χ2n) is 6.18. The fourth-order valence-electron chi connectivity index (χ4n) is 3.06. The normalized spacial score (nSPS) is 16.7. The summed E-state index contributed by atoms with van der Waals surface area (Å²) in [6.07, 6.45) is 7.45. The molecule has 0 aliphatic carbocycles. The van der Waals surface area contributed by atoms with Crippen LogP contribution in [0.25, 0.3) is 0 Å². The standard InChI is InChI=1S/C18H28N2OS.ClH/c1-22-14-11-17(19)18(21)20-12-9-16(10-13-20)8-7-15-5-3-2-4-6-15;/h2-6,16-17H,7-14,19H2,1H3;1H. The van der Waals surface area contributed by atoms with Gasteiger partial charge in [0.05, 0.1) is 6.04 Å². The lowest BCUT2D eigenvalue weighted by Crippen LogP contribution is -2.47. The van der Waals surface area contributed by atoms with Crippen LogP contribution in [0.5, 0.6) is 0 Å². The molecule has 2 rings (SSSR count). The first kappa shape index (κ1) is 20.3. The molecule has 130 valence electrons. The van der Waals surface area contributed by atoms with Crippen LogP contribution in [0, 0.1) is 5.92 Å². The molecule has 0 spiro atoms. The summed E-state index contributed by atoms with van der Waals surface area (Å²) in [5.41, 5.74) is 7.42. The third kappa shape index (κ3) is 6.74. The third-order valence-electron chi connectivity index (χ3n) is 4.56. The lowest BCUT2D eigenvalue weighted by molar-refractivity contribution is -0.134. The number of hydrogen-bond acceptors (Lipinski definition) is 3. The number of nitrogens with zero attached hydrogens (tertiary/aromatic N) is 1. The minimum Gasteiger partial charge on any atom is -0.341 e. The zero-order valence-electron chi connectivity index (χ0n) is 13.9. The van der Waals surface area contributed by atoms with Gasteiger partial charge < -0.3 is 10.6 Å². The molecular weight excluding hydrogens is 328 g/mol. The summed E-state index contributed by atoms with van der Waals surface area (Å²) in [7, 11) is 0. The van der Waals surface area contributed by atoms with Gasteiger partial charge in [-0.25, -0.2) is 0 Å². The number of aryl methyl sites for hydroxylation is 1. The average Bonchev–Trinajstić information content (AvgIpc) is 2.58. The van der Waals surface area contributed by atoms with E-state index in [0.717, 1.165) is 50.4 Å². The predicted octanol–water partition coefficient (Wildman–Crippen LogP) is 3.36. The van der Waals surface area contributed by atoms with E-state index in [1.807, 2.05) is 4.90 Å². The zero-order valence-corrected chi connectivity index (χ0v) is 15.6. The van der Waals surface area contributed by atoms with Crippen LogP contribution in [0.2, 0.25) is 0 Å². The molecule has 0 aromatic heterocycles. The highest BCUT2D eigenvalue weighted by atomic mass is 35.5. The van der Waals surface area contributed by atoms with E-state index in [9.17, 15) is 4.79 Å². The number of hydrogen-bond donors (Lipinski definition) is 1. The number of carbonyl (C=O) groups is 1. The van der Waals surface area contributed by atoms with E-state index in [0.29, 0.717) is 0 Å². The Hall–Kier alpha value is -0.710. The van der Waals surface area contributed by atoms with Crippen molar-refractivity contribution in [2.24, 2.45) is 11.7 Å². The van der Waals surface area contributed by atoms with Crippen molar-refractivity contribution in [2.45, 2.75) is 38.1 Å². The van der Waals surface area contributed by atoms with E-state index in [4.69, 9.17) is 5.73 Å². The molecule has 1 unspecified atom stereocenters. The Morgan fingerprint density at radius 3 is 2.57 bits per heavy atom. The quantitative estimate of drug-likeness (QED) is 0.814. The van der Waals surface area contributed by atoms with Gasteiger partial charge in [-0.1, -0.05) is 30.3 Å². The first-order valence-corrected chi connectivity index (χ1v) is 9.67. The molecule has 1 fully saturated rings. The molecule has 5 heteroatoms. The molecule has 2 N–H and O–H groups in total. The highest BCUT2D eigenvalue weighted by Crippen LogP contribution is 2.23. The summed E-state index contributed by atoms with van der Waals surface area (Å²) in [6, 6.07) is 10.4. The summed E-state index contributed by atoms with van der Waals surface area (Å²) in [6.45, 7) is 1.76. The Kier molecular flexibility index (Phi) is 9.68. The summed E-state index contributed by atoms with van der Waals surface area (Å²) in [5.74, 6) is 1.85. The molecule has 3 nitrogen and oxygen atoms in total. The van der Waals surface area contributed by atoms with Gasteiger partial charge in [0, 0.05) is 13.1 Å². The van der Waals surface area contributed by atoms with Gasteiger partial charge in [-0.3, -0.25) is 4.79 Å². The molecule has 1 amide bonds. The number of thioether (sulfide) groups is 1. The van der Waals surface area contributed by atoms with Crippen molar-refractivity contribution in [3.8, 4) is 0 Å². The highest BCUT2D eigenvalue weighted by molar-refractivity contribution is 7.98. The van der Waals surface area contributed by atoms with Gasteiger partial charge in [0.25, 0.3) is 0 Å². The highest BCUT2D eigenvalue weighted by Gasteiger charge is 2.25. The molecule has 0 bridgehead atoms. The topological polar surface area (TPSA) is 46.3 Å². The van der Waals surface area contributed by atoms with Gasteiger partial charge in [0.1, 0.15) is 0 Å². The average molecular weight is 357 g/mol. The smallest absolute Gasteiger partial charge is 0.239 e. The minimum atomic E-state index is -0.312. The fourth-order valence-corrected chi connectivity index (χ4v) is 3.55. The van der Waals surface area contributed by atoms with Crippen molar-refractivity contribution in [1.82, 2.24) is 4.90 Å². The van der Waals surface area contributed by atoms with E-state index >= 15 is 0 Å². The van der Waals surface area contributed by atoms with E-state index in [1.165, 1.54) is 12.0 Å². The second kappa shape index (κ2) is 11.0. The van der Waals surface area contributed by atoms with Crippen molar-refractivity contribution in [3.63, 3.8) is 0 Å². The zero-order chi connectivity index (χ0) is 15.8. The molecule has 1 aliphatic heterocycles. The Morgan fingerprint density at radius 2 is 1.96 bits per heavy atom. The van der Waals surface area contributed by atoms with Crippen molar-refractivity contribution in [3.05, 3.63) is 35.9 Å². The lowest BCUT2D eigenvalue weighted by Gasteiger charge is -2.33. The van der Waals surface area contributed by atoms with Crippen LogP contribution in [0.3, 0.4) is 0 Å². The number of nitrogens with two attached hydrogens (primary N) is 1.